The number of carbonyl (C=O) groups excluding carboxylic acids is 1. The predicted octanol–water partition coefficient (Wildman–Crippen LogP) is 1.12. The van der Waals surface area contributed by atoms with Crippen molar-refractivity contribution in [3.8, 4) is 5.75 Å². The Bertz CT molecular complexity index is 347. The molecule has 1 aromatic rings. The van der Waals surface area contributed by atoms with Crippen LogP contribution in [0.3, 0.4) is 0 Å². The fraction of sp³-hybridized carbons (Fsp3) is 0.111. The Morgan fingerprint density at radius 2 is 2.08 bits per heavy atom. The largest absolute Gasteiger partial charge is 0.507 e. The number of nitrogens with one attached hydrogen (secondary N) is 2. The summed E-state index contributed by atoms with van der Waals surface area (Å²) >= 11 is 0. The number of hydrogen-bond donors (Lipinski definition) is 3. The Hall–Kier alpha value is -1.84. The number of phenols is 1. The standard InChI is InChI=1S/C9H10N2O2/c1-6(10)11-9(13)7-4-2-3-5-8(7)12/h2-5,12H,1H3,(H2,10,11,13). The second-order valence-electron chi connectivity index (χ2n) is 2.60. The van der Waals surface area contributed by atoms with E-state index in [-0.39, 0.29) is 17.1 Å². The molecule has 4 heteroatoms. The van der Waals surface area contributed by atoms with Crippen LogP contribution in [0, 0.1) is 5.41 Å². The van der Waals surface area contributed by atoms with E-state index in [2.05, 4.69) is 5.32 Å². The maximum absolute atomic E-state index is 11.3. The average molecular weight is 178 g/mol. The second kappa shape index (κ2) is 3.71. The summed E-state index contributed by atoms with van der Waals surface area (Å²) < 4.78 is 0. The molecule has 0 aliphatic rings. The molecule has 1 rings (SSSR count). The van der Waals surface area contributed by atoms with Gasteiger partial charge in [0.15, 0.2) is 0 Å². The third-order valence-corrected chi connectivity index (χ3v) is 1.45. The molecular formula is C9H10N2O2. The molecule has 0 fully saturated rings. The van der Waals surface area contributed by atoms with Crippen molar-refractivity contribution in [3.05, 3.63) is 29.8 Å². The molecule has 0 bridgehead atoms. The summed E-state index contributed by atoms with van der Waals surface area (Å²) in [6.07, 6.45) is 0. The molecule has 4 nitrogen and oxygen atoms in total. The lowest BCUT2D eigenvalue weighted by atomic mass is 10.2. The predicted molar refractivity (Wildman–Crippen MR) is 49.0 cm³/mol. The van der Waals surface area contributed by atoms with Crippen molar-refractivity contribution in [2.24, 2.45) is 0 Å². The Morgan fingerprint density at radius 3 is 2.62 bits per heavy atom. The van der Waals surface area contributed by atoms with Gasteiger partial charge in [-0.25, -0.2) is 0 Å². The van der Waals surface area contributed by atoms with Gasteiger partial charge in [-0.3, -0.25) is 10.2 Å². The highest BCUT2D eigenvalue weighted by Crippen LogP contribution is 2.14. The van der Waals surface area contributed by atoms with Gasteiger partial charge in [0.05, 0.1) is 11.4 Å². The lowest BCUT2D eigenvalue weighted by Gasteiger charge is -2.03. The average Bonchev–Trinajstić information content (AvgIpc) is 2.03. The zero-order valence-electron chi connectivity index (χ0n) is 7.16. The third kappa shape index (κ3) is 2.30. The van der Waals surface area contributed by atoms with Crippen LogP contribution >= 0.6 is 0 Å². The molecule has 0 heterocycles. The third-order valence-electron chi connectivity index (χ3n) is 1.45. The van der Waals surface area contributed by atoms with E-state index in [9.17, 15) is 9.90 Å². The van der Waals surface area contributed by atoms with Gasteiger partial charge < -0.3 is 10.4 Å². The molecule has 13 heavy (non-hydrogen) atoms. The number of carbonyl (C=O) groups is 1. The van der Waals surface area contributed by atoms with E-state index in [1.807, 2.05) is 0 Å². The maximum atomic E-state index is 11.3. The van der Waals surface area contributed by atoms with Crippen molar-refractivity contribution in [2.45, 2.75) is 6.92 Å². The molecule has 1 amide bonds. The number of aromatic hydroxyl groups is 1. The molecule has 0 atom stereocenters. The van der Waals surface area contributed by atoms with Crippen LogP contribution in [0.5, 0.6) is 5.75 Å². The molecule has 0 unspecified atom stereocenters. The van der Waals surface area contributed by atoms with E-state index < -0.39 is 5.91 Å². The molecular weight excluding hydrogens is 168 g/mol. The monoisotopic (exact) mass is 178 g/mol. The lowest BCUT2D eigenvalue weighted by Crippen LogP contribution is -2.27. The molecule has 0 saturated heterocycles. The van der Waals surface area contributed by atoms with Crippen LogP contribution in [-0.2, 0) is 0 Å². The summed E-state index contributed by atoms with van der Waals surface area (Å²) in [7, 11) is 0. The minimum atomic E-state index is -0.467. The number of para-hydroxylation sites is 1. The van der Waals surface area contributed by atoms with E-state index in [4.69, 9.17) is 5.41 Å². The molecule has 0 radical (unpaired) electrons. The summed E-state index contributed by atoms with van der Waals surface area (Å²) in [6.45, 7) is 1.46. The van der Waals surface area contributed by atoms with Gasteiger partial charge in [-0.2, -0.15) is 0 Å². The van der Waals surface area contributed by atoms with Crippen LogP contribution in [0.4, 0.5) is 0 Å². The summed E-state index contributed by atoms with van der Waals surface area (Å²) in [5, 5.41) is 18.6. The van der Waals surface area contributed by atoms with Crippen LogP contribution in [0.1, 0.15) is 17.3 Å². The second-order valence-corrected chi connectivity index (χ2v) is 2.60. The van der Waals surface area contributed by atoms with Gasteiger partial charge in [0.25, 0.3) is 5.91 Å². The topological polar surface area (TPSA) is 73.2 Å². The number of hydrogen-bond acceptors (Lipinski definition) is 3. The van der Waals surface area contributed by atoms with Crippen molar-refractivity contribution < 1.29 is 9.90 Å². The van der Waals surface area contributed by atoms with E-state index in [1.165, 1.54) is 19.1 Å². The van der Waals surface area contributed by atoms with Crippen molar-refractivity contribution in [3.63, 3.8) is 0 Å². The minimum absolute atomic E-state index is 0.0493. The fourth-order valence-electron chi connectivity index (χ4n) is 0.903. The normalized spacial score (nSPS) is 9.31. The molecule has 68 valence electrons. The summed E-state index contributed by atoms with van der Waals surface area (Å²) in [4.78, 5) is 11.3. The van der Waals surface area contributed by atoms with Gasteiger partial charge in [0, 0.05) is 0 Å². The lowest BCUT2D eigenvalue weighted by molar-refractivity contribution is 0.0974. The summed E-state index contributed by atoms with van der Waals surface area (Å²) in [6, 6.07) is 6.19. The van der Waals surface area contributed by atoms with E-state index in [0.29, 0.717) is 0 Å². The van der Waals surface area contributed by atoms with Crippen molar-refractivity contribution >= 4 is 11.7 Å². The first kappa shape index (κ1) is 9.25. The SMILES string of the molecule is CC(=N)NC(=O)c1ccccc1O. The van der Waals surface area contributed by atoms with Gasteiger partial charge in [-0.05, 0) is 19.1 Å². The molecule has 0 saturated carbocycles. The van der Waals surface area contributed by atoms with Gasteiger partial charge in [-0.1, -0.05) is 12.1 Å². The van der Waals surface area contributed by atoms with E-state index in [0.717, 1.165) is 0 Å². The van der Waals surface area contributed by atoms with Crippen LogP contribution in [0.15, 0.2) is 24.3 Å². The number of phenolic OH excluding ortho intramolecular Hbond substituents is 1. The first-order chi connectivity index (χ1) is 6.11. The maximum Gasteiger partial charge on any atom is 0.260 e. The van der Waals surface area contributed by atoms with Crippen LogP contribution in [0.2, 0.25) is 0 Å². The molecule has 0 aliphatic heterocycles. The minimum Gasteiger partial charge on any atom is -0.507 e. The number of rotatable bonds is 1. The zero-order chi connectivity index (χ0) is 9.84. The van der Waals surface area contributed by atoms with Gasteiger partial charge in [0.2, 0.25) is 0 Å². The Labute approximate surface area is 75.7 Å². The quantitative estimate of drug-likeness (QED) is 0.445. The summed E-state index contributed by atoms with van der Waals surface area (Å²) in [5.74, 6) is -0.500. The van der Waals surface area contributed by atoms with Gasteiger partial charge in [0.1, 0.15) is 5.75 Å². The Kier molecular flexibility index (Phi) is 2.64. The Balaban J connectivity index is 2.89. The van der Waals surface area contributed by atoms with E-state index in [1.54, 1.807) is 12.1 Å². The molecule has 0 aliphatic carbocycles. The van der Waals surface area contributed by atoms with Crippen LogP contribution < -0.4 is 5.32 Å². The number of benzene rings is 1. The Morgan fingerprint density at radius 1 is 1.46 bits per heavy atom. The molecule has 0 aromatic heterocycles. The van der Waals surface area contributed by atoms with Crippen molar-refractivity contribution in [1.82, 2.24) is 5.32 Å². The molecule has 1 aromatic carbocycles. The fourth-order valence-corrected chi connectivity index (χ4v) is 0.903. The first-order valence-corrected chi connectivity index (χ1v) is 3.76. The highest BCUT2D eigenvalue weighted by atomic mass is 16.3. The summed E-state index contributed by atoms with van der Waals surface area (Å²) in [5.41, 5.74) is 0.175. The molecule has 0 spiro atoms. The smallest absolute Gasteiger partial charge is 0.260 e. The van der Waals surface area contributed by atoms with Gasteiger partial charge >= 0.3 is 0 Å². The highest BCUT2D eigenvalue weighted by molar-refractivity contribution is 6.06. The van der Waals surface area contributed by atoms with Crippen molar-refractivity contribution in [1.29, 1.82) is 5.41 Å². The first-order valence-electron chi connectivity index (χ1n) is 3.76. The number of amidine groups is 1. The van der Waals surface area contributed by atoms with Crippen molar-refractivity contribution in [2.75, 3.05) is 0 Å². The van der Waals surface area contributed by atoms with E-state index >= 15 is 0 Å². The van der Waals surface area contributed by atoms with Gasteiger partial charge in [-0.15, -0.1) is 0 Å². The molecule has 3 N–H and O–H groups in total. The van der Waals surface area contributed by atoms with Crippen LogP contribution in [0.25, 0.3) is 0 Å². The zero-order valence-corrected chi connectivity index (χ0v) is 7.16. The highest BCUT2D eigenvalue weighted by Gasteiger charge is 2.09. The van der Waals surface area contributed by atoms with Crippen LogP contribution in [-0.4, -0.2) is 16.8 Å². The number of amides is 1.